The second-order valence-corrected chi connectivity index (χ2v) is 4.79. The fraction of sp³-hybridized carbons (Fsp3) is 0.364. The van der Waals surface area contributed by atoms with Crippen LogP contribution in [0.15, 0.2) is 24.3 Å². The largest absolute Gasteiger partial charge is 0.471 e. The van der Waals surface area contributed by atoms with E-state index in [1.807, 2.05) is 29.6 Å². The maximum absolute atomic E-state index is 12.0. The number of amides is 1. The maximum atomic E-state index is 12.0. The Hall–Kier alpha value is -0.790. The van der Waals surface area contributed by atoms with E-state index in [0.29, 0.717) is 0 Å². The molecule has 0 radical (unpaired) electrons. The first-order chi connectivity index (χ1) is 7.82. The van der Waals surface area contributed by atoms with E-state index in [1.54, 1.807) is 6.92 Å². The minimum atomic E-state index is -4.82. The van der Waals surface area contributed by atoms with E-state index in [0.717, 1.165) is 9.13 Å². The minimum Gasteiger partial charge on any atom is -0.348 e. The van der Waals surface area contributed by atoms with Crippen molar-refractivity contribution < 1.29 is 18.0 Å². The van der Waals surface area contributed by atoms with Crippen molar-refractivity contribution in [3.63, 3.8) is 0 Å². The van der Waals surface area contributed by atoms with Gasteiger partial charge in [-0.15, -0.1) is 0 Å². The van der Waals surface area contributed by atoms with Crippen molar-refractivity contribution in [3.05, 3.63) is 33.4 Å². The molecule has 1 rings (SSSR count). The van der Waals surface area contributed by atoms with Crippen molar-refractivity contribution in [3.8, 4) is 0 Å². The highest BCUT2D eigenvalue weighted by atomic mass is 127. The number of hydrogen-bond acceptors (Lipinski definition) is 1. The van der Waals surface area contributed by atoms with Crippen molar-refractivity contribution in [2.24, 2.45) is 0 Å². The molecule has 1 unspecified atom stereocenters. The highest BCUT2D eigenvalue weighted by Crippen LogP contribution is 2.21. The lowest BCUT2D eigenvalue weighted by atomic mass is 10.0. The molecule has 0 saturated carbocycles. The molecule has 1 aromatic carbocycles. The quantitative estimate of drug-likeness (QED) is 0.828. The molecule has 1 N–H and O–H groups in total. The van der Waals surface area contributed by atoms with Gasteiger partial charge in [0, 0.05) is 10.1 Å². The van der Waals surface area contributed by atoms with Crippen molar-refractivity contribution >= 4 is 28.5 Å². The molecule has 1 amide bonds. The Kier molecular flexibility index (Phi) is 4.79. The average molecular weight is 357 g/mol. The van der Waals surface area contributed by atoms with Gasteiger partial charge in [-0.05, 0) is 40.1 Å². The molecule has 94 valence electrons. The molecule has 0 aliphatic heterocycles. The summed E-state index contributed by atoms with van der Waals surface area (Å²) in [5, 5.41) is 1.88. The molecule has 0 fully saturated rings. The van der Waals surface area contributed by atoms with Gasteiger partial charge in [0.25, 0.3) is 0 Å². The second-order valence-electron chi connectivity index (χ2n) is 3.63. The molecule has 0 bridgehead atoms. The van der Waals surface area contributed by atoms with E-state index < -0.39 is 12.1 Å². The fourth-order valence-electron chi connectivity index (χ4n) is 1.33. The molecule has 6 heteroatoms. The first kappa shape index (κ1) is 14.3. The van der Waals surface area contributed by atoms with Crippen LogP contribution in [0.4, 0.5) is 13.2 Å². The first-order valence-corrected chi connectivity index (χ1v) is 5.99. The number of alkyl halides is 3. The zero-order chi connectivity index (χ0) is 13.1. The van der Waals surface area contributed by atoms with Gasteiger partial charge in [-0.3, -0.25) is 4.79 Å². The summed E-state index contributed by atoms with van der Waals surface area (Å²) in [6.45, 7) is 1.74. The number of hydrogen-bond donors (Lipinski definition) is 1. The monoisotopic (exact) mass is 357 g/mol. The molecule has 0 aliphatic rings. The van der Waals surface area contributed by atoms with E-state index >= 15 is 0 Å². The first-order valence-electron chi connectivity index (χ1n) is 4.92. The summed E-state index contributed by atoms with van der Waals surface area (Å²) in [5.74, 6) is -2.05. The Morgan fingerprint density at radius 3 is 2.53 bits per heavy atom. The third-order valence-electron chi connectivity index (χ3n) is 2.26. The molecular weight excluding hydrogens is 346 g/mol. The van der Waals surface area contributed by atoms with Crippen LogP contribution in [-0.2, 0) is 4.79 Å². The summed E-state index contributed by atoms with van der Waals surface area (Å²) in [6.07, 6.45) is -4.82. The van der Waals surface area contributed by atoms with Gasteiger partial charge in [-0.25, -0.2) is 0 Å². The van der Waals surface area contributed by atoms with Gasteiger partial charge in [0.05, 0.1) is 0 Å². The second kappa shape index (κ2) is 5.70. The summed E-state index contributed by atoms with van der Waals surface area (Å²) in [5.41, 5.74) is 0.926. The molecule has 0 saturated heterocycles. The highest BCUT2D eigenvalue weighted by Gasteiger charge is 2.38. The Morgan fingerprint density at radius 2 is 2.00 bits per heavy atom. The van der Waals surface area contributed by atoms with Gasteiger partial charge >= 0.3 is 12.1 Å². The van der Waals surface area contributed by atoms with Crippen LogP contribution >= 0.6 is 22.6 Å². The molecule has 0 heterocycles. The minimum absolute atomic E-state index is 0.0294. The summed E-state index contributed by atoms with van der Waals surface area (Å²) in [7, 11) is 0. The molecular formula is C11H11F3INO. The topological polar surface area (TPSA) is 29.1 Å². The molecule has 0 spiro atoms. The number of benzene rings is 1. The van der Waals surface area contributed by atoms with E-state index in [9.17, 15) is 18.0 Å². The van der Waals surface area contributed by atoms with Crippen LogP contribution in [0.25, 0.3) is 0 Å². The number of rotatable bonds is 3. The molecule has 1 atom stereocenters. The average Bonchev–Trinajstić information content (AvgIpc) is 2.24. The molecule has 0 aromatic heterocycles. The summed E-state index contributed by atoms with van der Waals surface area (Å²) < 4.78 is 36.9. The highest BCUT2D eigenvalue weighted by molar-refractivity contribution is 14.1. The van der Waals surface area contributed by atoms with Crippen molar-refractivity contribution in [2.45, 2.75) is 19.0 Å². The Bertz CT molecular complexity index is 406. The third kappa shape index (κ3) is 4.18. The summed E-state index contributed by atoms with van der Waals surface area (Å²) in [6, 6.07) is 7.38. The lowest BCUT2D eigenvalue weighted by molar-refractivity contribution is -0.173. The van der Waals surface area contributed by atoms with Gasteiger partial charge in [0.1, 0.15) is 0 Å². The zero-order valence-electron chi connectivity index (χ0n) is 9.01. The van der Waals surface area contributed by atoms with Crippen molar-refractivity contribution in [2.75, 3.05) is 6.54 Å². The predicted octanol–water partition coefficient (Wildman–Crippen LogP) is 3.07. The number of nitrogens with one attached hydrogen (secondary N) is 1. The Morgan fingerprint density at radius 1 is 1.41 bits per heavy atom. The van der Waals surface area contributed by atoms with Crippen LogP contribution in [0.2, 0.25) is 0 Å². The van der Waals surface area contributed by atoms with Crippen LogP contribution in [0, 0.1) is 3.57 Å². The van der Waals surface area contributed by atoms with Crippen molar-refractivity contribution in [1.29, 1.82) is 0 Å². The van der Waals surface area contributed by atoms with Crippen LogP contribution < -0.4 is 5.32 Å². The lowest BCUT2D eigenvalue weighted by Crippen LogP contribution is -2.38. The lowest BCUT2D eigenvalue weighted by Gasteiger charge is -2.15. The molecule has 17 heavy (non-hydrogen) atoms. The maximum Gasteiger partial charge on any atom is 0.471 e. The third-order valence-corrected chi connectivity index (χ3v) is 3.24. The van der Waals surface area contributed by atoms with Gasteiger partial charge in [-0.2, -0.15) is 13.2 Å². The van der Waals surface area contributed by atoms with Crippen LogP contribution in [-0.4, -0.2) is 18.6 Å². The predicted molar refractivity (Wildman–Crippen MR) is 66.6 cm³/mol. The summed E-state index contributed by atoms with van der Waals surface area (Å²) >= 11 is 2.11. The SMILES string of the molecule is CC(CNC(=O)C(F)(F)F)c1ccccc1I. The van der Waals surface area contributed by atoms with Crippen LogP contribution in [0.1, 0.15) is 18.4 Å². The van der Waals surface area contributed by atoms with Gasteiger partial charge < -0.3 is 5.32 Å². The molecule has 2 nitrogen and oxygen atoms in total. The van der Waals surface area contributed by atoms with Gasteiger partial charge in [-0.1, -0.05) is 25.1 Å². The number of carbonyl (C=O) groups excluding carboxylic acids is 1. The smallest absolute Gasteiger partial charge is 0.348 e. The molecule has 0 aliphatic carbocycles. The van der Waals surface area contributed by atoms with E-state index in [1.165, 1.54) is 0 Å². The van der Waals surface area contributed by atoms with Crippen molar-refractivity contribution in [1.82, 2.24) is 5.32 Å². The summed E-state index contributed by atoms with van der Waals surface area (Å²) in [4.78, 5) is 10.6. The van der Waals surface area contributed by atoms with E-state index in [2.05, 4.69) is 22.6 Å². The van der Waals surface area contributed by atoms with Crippen LogP contribution in [0.5, 0.6) is 0 Å². The van der Waals surface area contributed by atoms with E-state index in [4.69, 9.17) is 0 Å². The van der Waals surface area contributed by atoms with Crippen LogP contribution in [0.3, 0.4) is 0 Å². The molecule has 1 aromatic rings. The van der Waals surface area contributed by atoms with E-state index in [-0.39, 0.29) is 12.5 Å². The van der Waals surface area contributed by atoms with Gasteiger partial charge in [0.2, 0.25) is 0 Å². The fourth-order valence-corrected chi connectivity index (χ4v) is 2.25. The standard InChI is InChI=1S/C11H11F3INO/c1-7(6-16-10(17)11(12,13)14)8-4-2-3-5-9(8)15/h2-5,7H,6H2,1H3,(H,16,17). The number of halogens is 4. The Labute approximate surface area is 111 Å². The zero-order valence-corrected chi connectivity index (χ0v) is 11.2. The normalized spacial score (nSPS) is 13.2. The van der Waals surface area contributed by atoms with Gasteiger partial charge in [0.15, 0.2) is 0 Å². The number of carbonyl (C=O) groups is 1. The Balaban J connectivity index is 2.60.